The van der Waals surface area contributed by atoms with Crippen LogP contribution in [0.3, 0.4) is 0 Å². The van der Waals surface area contributed by atoms with Crippen LogP contribution in [0.5, 0.6) is 11.5 Å². The van der Waals surface area contributed by atoms with Crippen LogP contribution in [0.25, 0.3) is 10.8 Å². The number of hydrogen-bond donors (Lipinski definition) is 2. The molecule has 0 radical (unpaired) electrons. The van der Waals surface area contributed by atoms with Crippen LogP contribution in [0.1, 0.15) is 183 Å². The number of benzene rings is 2. The van der Waals surface area contributed by atoms with Gasteiger partial charge in [-0.2, -0.15) is 0 Å². The number of phenolic OH excluding ortho intramolecular Hbond substituents is 2. The number of fused-ring (bicyclic) bond motifs is 1. The number of hydrogen-bond acceptors (Lipinski definition) is 2. The van der Waals surface area contributed by atoms with Gasteiger partial charge in [0.1, 0.15) is 11.5 Å². The Bertz CT molecular complexity index is 1850. The lowest BCUT2D eigenvalue weighted by molar-refractivity contribution is 0.461. The molecule has 0 aromatic heterocycles. The third-order valence-corrected chi connectivity index (χ3v) is 11.5. The molecular formula is C56H82O2. The molecule has 0 atom stereocenters. The van der Waals surface area contributed by atoms with Crippen LogP contribution in [0.2, 0.25) is 0 Å². The first-order chi connectivity index (χ1) is 27.7. The summed E-state index contributed by atoms with van der Waals surface area (Å²) in [6.45, 7) is 24.4. The maximum atomic E-state index is 10.9. The van der Waals surface area contributed by atoms with Crippen LogP contribution in [-0.2, 0) is 6.42 Å². The molecule has 0 aliphatic rings. The highest BCUT2D eigenvalue weighted by Gasteiger charge is 2.14. The van der Waals surface area contributed by atoms with E-state index in [1.165, 1.54) is 69.4 Å². The summed E-state index contributed by atoms with van der Waals surface area (Å²) in [4.78, 5) is 0. The lowest BCUT2D eigenvalue weighted by Gasteiger charge is -2.13. The summed E-state index contributed by atoms with van der Waals surface area (Å²) in [6, 6.07) is 7.50. The first-order valence-electron chi connectivity index (χ1n) is 22.5. The van der Waals surface area contributed by atoms with Crippen molar-refractivity contribution < 1.29 is 10.2 Å². The van der Waals surface area contributed by atoms with Crippen molar-refractivity contribution in [2.75, 3.05) is 0 Å². The van der Waals surface area contributed by atoms with Gasteiger partial charge >= 0.3 is 0 Å². The Morgan fingerprint density at radius 2 is 0.638 bits per heavy atom. The molecule has 0 aliphatic heterocycles. The highest BCUT2D eigenvalue weighted by atomic mass is 16.3. The lowest BCUT2D eigenvalue weighted by Crippen LogP contribution is -1.92. The van der Waals surface area contributed by atoms with Gasteiger partial charge in [0.2, 0.25) is 0 Å². The molecular weight excluding hydrogens is 705 g/mol. The van der Waals surface area contributed by atoms with E-state index in [0.717, 1.165) is 94.6 Å². The number of allylic oxidation sites excluding steroid dienone is 18. The summed E-state index contributed by atoms with van der Waals surface area (Å²) in [6.07, 6.45) is 40.3. The second-order valence-electron chi connectivity index (χ2n) is 17.5. The normalized spacial score (nSPS) is 14.2. The van der Waals surface area contributed by atoms with Crippen LogP contribution >= 0.6 is 0 Å². The van der Waals surface area contributed by atoms with Gasteiger partial charge in [-0.15, -0.1) is 0 Å². The molecule has 0 bridgehead atoms. The number of rotatable bonds is 26. The number of phenols is 2. The lowest BCUT2D eigenvalue weighted by atomic mass is 9.95. The molecule has 0 spiro atoms. The van der Waals surface area contributed by atoms with Crippen molar-refractivity contribution in [2.45, 2.75) is 185 Å². The number of aromatic hydroxyl groups is 2. The predicted octanol–water partition coefficient (Wildman–Crippen LogP) is 17.9. The fourth-order valence-corrected chi connectivity index (χ4v) is 7.34. The Labute approximate surface area is 356 Å². The van der Waals surface area contributed by atoms with E-state index >= 15 is 0 Å². The molecule has 0 heterocycles. The fraction of sp³-hybridized carbons (Fsp3) is 0.500. The van der Waals surface area contributed by atoms with E-state index in [2.05, 4.69) is 124 Å². The quantitative estimate of drug-likeness (QED) is 0.0736. The molecule has 0 saturated carbocycles. The summed E-state index contributed by atoms with van der Waals surface area (Å²) in [5, 5.41) is 23.0. The zero-order chi connectivity index (χ0) is 42.9. The average Bonchev–Trinajstić information content (AvgIpc) is 3.17. The molecule has 2 nitrogen and oxygen atoms in total. The molecule has 0 fully saturated rings. The van der Waals surface area contributed by atoms with E-state index in [-0.39, 0.29) is 11.5 Å². The van der Waals surface area contributed by atoms with Crippen molar-refractivity contribution in [3.8, 4) is 11.5 Å². The molecule has 0 aliphatic carbocycles. The van der Waals surface area contributed by atoms with Crippen LogP contribution < -0.4 is 0 Å². The van der Waals surface area contributed by atoms with E-state index in [9.17, 15) is 10.2 Å². The first-order valence-corrected chi connectivity index (χ1v) is 22.5. The zero-order valence-corrected chi connectivity index (χ0v) is 38.9. The molecule has 2 rings (SSSR count). The average molecular weight is 787 g/mol. The minimum absolute atomic E-state index is 0.267. The Kier molecular flexibility index (Phi) is 24.5. The highest BCUT2D eigenvalue weighted by molar-refractivity contribution is 5.95. The van der Waals surface area contributed by atoms with Crippen LogP contribution in [0, 0.1) is 6.92 Å². The van der Waals surface area contributed by atoms with E-state index in [1.54, 1.807) is 0 Å². The molecule has 0 amide bonds. The molecule has 318 valence electrons. The minimum atomic E-state index is 0.267. The summed E-state index contributed by atoms with van der Waals surface area (Å²) < 4.78 is 0. The summed E-state index contributed by atoms with van der Waals surface area (Å²) in [7, 11) is 0. The third kappa shape index (κ3) is 21.1. The first kappa shape index (κ1) is 50.1. The topological polar surface area (TPSA) is 40.5 Å². The van der Waals surface area contributed by atoms with Gasteiger partial charge in [0.15, 0.2) is 0 Å². The Balaban J connectivity index is 1.61. The zero-order valence-electron chi connectivity index (χ0n) is 38.9. The van der Waals surface area contributed by atoms with Gasteiger partial charge in [-0.1, -0.05) is 129 Å². The van der Waals surface area contributed by atoms with Gasteiger partial charge in [0.25, 0.3) is 0 Å². The minimum Gasteiger partial charge on any atom is -0.507 e. The van der Waals surface area contributed by atoms with Crippen molar-refractivity contribution >= 4 is 10.8 Å². The van der Waals surface area contributed by atoms with E-state index in [4.69, 9.17) is 0 Å². The van der Waals surface area contributed by atoms with Crippen molar-refractivity contribution in [3.63, 3.8) is 0 Å². The van der Waals surface area contributed by atoms with Gasteiger partial charge in [-0.3, -0.25) is 0 Å². The Hall–Kier alpha value is -4.04. The van der Waals surface area contributed by atoms with Gasteiger partial charge in [0, 0.05) is 16.3 Å². The van der Waals surface area contributed by atoms with Gasteiger partial charge in [-0.05, 0) is 191 Å². The highest BCUT2D eigenvalue weighted by Crippen LogP contribution is 2.39. The maximum absolute atomic E-state index is 10.9. The second-order valence-corrected chi connectivity index (χ2v) is 17.5. The predicted molar refractivity (Wildman–Crippen MR) is 259 cm³/mol. The standard InChI is InChI=1S/C56H82O2/c1-42(2)22-14-23-43(3)24-15-25-44(4)26-16-27-45(5)28-17-29-46(6)30-18-31-47(7)32-19-33-48(8)34-20-35-49(9)36-21-37-50(10)40-41-52-51(11)55(57)53-38-12-13-39-54(53)56(52)58/h12-13,22,24,26,28,30,32,34,36,38-40,57-58H,14-21,23,25,27,29,31,33,35,37,41H2,1-11H3/b43-24+,44-26+,45-28+,46-30-,47-32+,48-34+,49-36-,50-40+. The van der Waals surface area contributed by atoms with Crippen molar-refractivity contribution in [1.29, 1.82) is 0 Å². The van der Waals surface area contributed by atoms with Crippen LogP contribution in [0.4, 0.5) is 0 Å². The summed E-state index contributed by atoms with van der Waals surface area (Å²) in [5.41, 5.74) is 14.8. The van der Waals surface area contributed by atoms with E-state index in [1.807, 2.05) is 31.2 Å². The van der Waals surface area contributed by atoms with Gasteiger partial charge in [-0.25, -0.2) is 0 Å². The molecule has 0 saturated heterocycles. The fourth-order valence-electron chi connectivity index (χ4n) is 7.34. The molecule has 2 aromatic rings. The SMILES string of the molecule is CC(C)=CCC/C(C)=C/CC/C(C)=C/CC/C(C)=C/CC/C(C)=C\CC/C(C)=C/CC/C(C)=C/CC/C(C)=C\CC/C(C)=C/Cc1c(C)c(O)c2ccccc2c1O. The van der Waals surface area contributed by atoms with Gasteiger partial charge < -0.3 is 10.2 Å². The monoisotopic (exact) mass is 787 g/mol. The largest absolute Gasteiger partial charge is 0.507 e. The second kappa shape index (κ2) is 28.4. The molecule has 2 N–H and O–H groups in total. The molecule has 58 heavy (non-hydrogen) atoms. The van der Waals surface area contributed by atoms with Crippen molar-refractivity contribution in [3.05, 3.63) is 140 Å². The summed E-state index contributed by atoms with van der Waals surface area (Å²) >= 11 is 0. The van der Waals surface area contributed by atoms with Crippen LogP contribution in [0.15, 0.2) is 129 Å². The van der Waals surface area contributed by atoms with Crippen molar-refractivity contribution in [2.24, 2.45) is 0 Å². The Morgan fingerprint density at radius 1 is 0.379 bits per heavy atom. The van der Waals surface area contributed by atoms with E-state index < -0.39 is 0 Å². The van der Waals surface area contributed by atoms with E-state index in [0.29, 0.717) is 17.2 Å². The molecule has 2 heteroatoms. The smallest absolute Gasteiger partial charge is 0.127 e. The maximum Gasteiger partial charge on any atom is 0.127 e. The van der Waals surface area contributed by atoms with Crippen LogP contribution in [-0.4, -0.2) is 10.2 Å². The molecule has 2 aromatic carbocycles. The van der Waals surface area contributed by atoms with Gasteiger partial charge in [0.05, 0.1) is 0 Å². The Morgan fingerprint density at radius 3 is 0.931 bits per heavy atom. The third-order valence-electron chi connectivity index (χ3n) is 11.5. The molecule has 0 unspecified atom stereocenters. The van der Waals surface area contributed by atoms with Crippen molar-refractivity contribution in [1.82, 2.24) is 0 Å². The summed E-state index contributed by atoms with van der Waals surface area (Å²) in [5.74, 6) is 0.548.